The van der Waals surface area contributed by atoms with E-state index in [1.807, 2.05) is 11.9 Å². The van der Waals surface area contributed by atoms with Gasteiger partial charge in [-0.15, -0.1) is 24.0 Å². The topological polar surface area (TPSA) is 56.7 Å². The van der Waals surface area contributed by atoms with Crippen LogP contribution in [0.4, 0.5) is 0 Å². The van der Waals surface area contributed by atoms with Crippen LogP contribution >= 0.6 is 35.7 Å². The van der Waals surface area contributed by atoms with Gasteiger partial charge in [0, 0.05) is 44.4 Å². The molecule has 1 amide bonds. The van der Waals surface area contributed by atoms with Crippen LogP contribution in [0.3, 0.4) is 0 Å². The van der Waals surface area contributed by atoms with E-state index in [0.717, 1.165) is 43.7 Å². The molecule has 1 fully saturated rings. The van der Waals surface area contributed by atoms with Crippen molar-refractivity contribution < 1.29 is 4.79 Å². The monoisotopic (exact) mass is 544 g/mol. The van der Waals surface area contributed by atoms with E-state index >= 15 is 0 Å². The van der Waals surface area contributed by atoms with Crippen LogP contribution in [0.15, 0.2) is 29.3 Å². The molecule has 2 aliphatic rings. The Labute approximate surface area is 203 Å². The van der Waals surface area contributed by atoms with Crippen LogP contribution in [0, 0.1) is 0 Å². The number of hydrogen-bond donors (Lipinski definition) is 2. The van der Waals surface area contributed by atoms with Crippen molar-refractivity contribution in [2.45, 2.75) is 69.7 Å². The predicted octanol–water partition coefficient (Wildman–Crippen LogP) is 4.20. The fraction of sp³-hybridized carbons (Fsp3) is 0.652. The van der Waals surface area contributed by atoms with Gasteiger partial charge in [-0.3, -0.25) is 9.79 Å². The first-order valence-electron chi connectivity index (χ1n) is 11.1. The summed E-state index contributed by atoms with van der Waals surface area (Å²) < 4.78 is 0. The first-order chi connectivity index (χ1) is 14.2. The lowest BCUT2D eigenvalue weighted by Crippen LogP contribution is -2.46. The van der Waals surface area contributed by atoms with E-state index in [1.165, 1.54) is 42.6 Å². The highest BCUT2D eigenvalue weighted by Gasteiger charge is 2.23. The minimum Gasteiger partial charge on any atom is -0.356 e. The molecule has 5 nitrogen and oxygen atoms in total. The Morgan fingerprint density at radius 1 is 1.27 bits per heavy atom. The van der Waals surface area contributed by atoms with Crippen molar-refractivity contribution in [3.05, 3.63) is 35.4 Å². The number of aliphatic imine (C=N–C) groups is 1. The maximum absolute atomic E-state index is 12.6. The largest absolute Gasteiger partial charge is 0.356 e. The van der Waals surface area contributed by atoms with Gasteiger partial charge in [0.05, 0.1) is 0 Å². The van der Waals surface area contributed by atoms with Crippen LogP contribution in [0.2, 0.25) is 0 Å². The van der Waals surface area contributed by atoms with Gasteiger partial charge in [0.25, 0.3) is 0 Å². The standard InChI is InChI=1S/C23H36N4OS.HI/c1-3-29-21-11-6-10-20(16-21)26-23(24-2)25-14-7-12-22(28)27-15-13-18-8-4-5-9-19(18)17-27;/h4-5,8-9,20-21H,3,6-7,10-17H2,1-2H3,(H2,24,25,26);1H. The van der Waals surface area contributed by atoms with Crippen molar-refractivity contribution >= 4 is 47.6 Å². The molecular formula is C23H37IN4OS. The number of carbonyl (C=O) groups is 1. The summed E-state index contributed by atoms with van der Waals surface area (Å²) in [6, 6.07) is 8.97. The molecule has 3 rings (SSSR count). The number of hydrogen-bond acceptors (Lipinski definition) is 3. The van der Waals surface area contributed by atoms with E-state index in [4.69, 9.17) is 0 Å². The Morgan fingerprint density at radius 3 is 2.83 bits per heavy atom. The van der Waals surface area contributed by atoms with Crippen LogP contribution < -0.4 is 10.6 Å². The number of amides is 1. The van der Waals surface area contributed by atoms with Crippen LogP contribution in [0.1, 0.15) is 56.6 Å². The summed E-state index contributed by atoms with van der Waals surface area (Å²) in [7, 11) is 1.83. The van der Waals surface area contributed by atoms with Crippen LogP contribution in [-0.2, 0) is 17.8 Å². The zero-order valence-corrected chi connectivity index (χ0v) is 21.5. The molecule has 0 saturated heterocycles. The third kappa shape index (κ3) is 7.62. The fourth-order valence-corrected chi connectivity index (χ4v) is 5.54. The molecule has 30 heavy (non-hydrogen) atoms. The van der Waals surface area contributed by atoms with Crippen molar-refractivity contribution in [1.29, 1.82) is 0 Å². The van der Waals surface area contributed by atoms with Gasteiger partial charge in [-0.25, -0.2) is 0 Å². The predicted molar refractivity (Wildman–Crippen MR) is 139 cm³/mol. The van der Waals surface area contributed by atoms with E-state index in [0.29, 0.717) is 12.5 Å². The zero-order valence-electron chi connectivity index (χ0n) is 18.4. The Bertz CT molecular complexity index is 698. The molecule has 1 aliphatic carbocycles. The van der Waals surface area contributed by atoms with Gasteiger partial charge in [-0.05, 0) is 49.0 Å². The molecule has 0 bridgehead atoms. The maximum atomic E-state index is 12.6. The summed E-state index contributed by atoms with van der Waals surface area (Å²) in [6.45, 7) is 4.61. The SMILES string of the molecule is CCSC1CCCC(NC(=NC)NCCCC(=O)N2CCc3ccccc3C2)C1.I. The molecule has 1 aromatic carbocycles. The normalized spacial score (nSPS) is 21.4. The molecule has 168 valence electrons. The maximum Gasteiger partial charge on any atom is 0.222 e. The lowest BCUT2D eigenvalue weighted by molar-refractivity contribution is -0.132. The minimum absolute atomic E-state index is 0. The van der Waals surface area contributed by atoms with Crippen molar-refractivity contribution in [2.75, 3.05) is 25.9 Å². The third-order valence-electron chi connectivity index (χ3n) is 5.94. The van der Waals surface area contributed by atoms with Gasteiger partial charge in [-0.1, -0.05) is 37.6 Å². The number of guanidine groups is 1. The summed E-state index contributed by atoms with van der Waals surface area (Å²) in [5.41, 5.74) is 2.68. The molecule has 1 aliphatic heterocycles. The fourth-order valence-electron chi connectivity index (χ4n) is 4.36. The Balaban J connectivity index is 0.00000320. The number of fused-ring (bicyclic) bond motifs is 1. The molecular weight excluding hydrogens is 507 g/mol. The Hall–Kier alpha value is -0.960. The number of benzene rings is 1. The molecule has 2 N–H and O–H groups in total. The van der Waals surface area contributed by atoms with Gasteiger partial charge < -0.3 is 15.5 Å². The molecule has 0 aromatic heterocycles. The third-order valence-corrected chi connectivity index (χ3v) is 7.17. The molecule has 0 radical (unpaired) electrons. The highest BCUT2D eigenvalue weighted by Crippen LogP contribution is 2.28. The summed E-state index contributed by atoms with van der Waals surface area (Å²) in [6.07, 6.45) is 7.45. The molecule has 7 heteroatoms. The number of halogens is 1. The highest BCUT2D eigenvalue weighted by molar-refractivity contribution is 14.0. The van der Waals surface area contributed by atoms with Crippen molar-refractivity contribution in [3.63, 3.8) is 0 Å². The van der Waals surface area contributed by atoms with Gasteiger partial charge >= 0.3 is 0 Å². The van der Waals surface area contributed by atoms with E-state index in [-0.39, 0.29) is 29.9 Å². The van der Waals surface area contributed by atoms with E-state index in [2.05, 4.69) is 58.6 Å². The number of thioether (sulfide) groups is 1. The Morgan fingerprint density at radius 2 is 2.07 bits per heavy atom. The van der Waals surface area contributed by atoms with Crippen molar-refractivity contribution in [1.82, 2.24) is 15.5 Å². The average Bonchev–Trinajstić information content (AvgIpc) is 2.75. The lowest BCUT2D eigenvalue weighted by Gasteiger charge is -2.30. The molecule has 1 heterocycles. The first-order valence-corrected chi connectivity index (χ1v) is 12.2. The molecule has 0 spiro atoms. The van der Waals surface area contributed by atoms with Gasteiger partial charge in [0.1, 0.15) is 0 Å². The molecule has 2 atom stereocenters. The first kappa shape index (κ1) is 25.3. The zero-order chi connectivity index (χ0) is 20.5. The second kappa shape index (κ2) is 13.5. The summed E-state index contributed by atoms with van der Waals surface area (Å²) >= 11 is 2.08. The number of carbonyl (C=O) groups excluding carboxylic acids is 1. The van der Waals surface area contributed by atoms with Gasteiger partial charge in [0.2, 0.25) is 5.91 Å². The summed E-state index contributed by atoms with van der Waals surface area (Å²) in [5, 5.41) is 7.76. The summed E-state index contributed by atoms with van der Waals surface area (Å²) in [5.74, 6) is 2.33. The molecule has 1 aromatic rings. The Kier molecular flexibility index (Phi) is 11.3. The second-order valence-electron chi connectivity index (χ2n) is 8.02. The average molecular weight is 545 g/mol. The van der Waals surface area contributed by atoms with E-state index in [9.17, 15) is 4.79 Å². The minimum atomic E-state index is 0. The van der Waals surface area contributed by atoms with E-state index in [1.54, 1.807) is 0 Å². The number of rotatable bonds is 7. The van der Waals surface area contributed by atoms with Crippen LogP contribution in [0.25, 0.3) is 0 Å². The lowest BCUT2D eigenvalue weighted by atomic mass is 9.95. The number of nitrogens with zero attached hydrogens (tertiary/aromatic N) is 2. The van der Waals surface area contributed by atoms with Crippen LogP contribution in [0.5, 0.6) is 0 Å². The smallest absolute Gasteiger partial charge is 0.222 e. The van der Waals surface area contributed by atoms with Crippen molar-refractivity contribution in [2.24, 2.45) is 4.99 Å². The molecule has 2 unspecified atom stereocenters. The van der Waals surface area contributed by atoms with E-state index < -0.39 is 0 Å². The van der Waals surface area contributed by atoms with Crippen molar-refractivity contribution in [3.8, 4) is 0 Å². The van der Waals surface area contributed by atoms with Gasteiger partial charge in [-0.2, -0.15) is 11.8 Å². The summed E-state index contributed by atoms with van der Waals surface area (Å²) in [4.78, 5) is 19.0. The second-order valence-corrected chi connectivity index (χ2v) is 9.60. The quantitative estimate of drug-likeness (QED) is 0.234. The molecule has 1 saturated carbocycles. The van der Waals surface area contributed by atoms with Gasteiger partial charge in [0.15, 0.2) is 5.96 Å². The highest BCUT2D eigenvalue weighted by atomic mass is 127. The number of nitrogens with one attached hydrogen (secondary N) is 2. The van der Waals surface area contributed by atoms with Crippen LogP contribution in [-0.4, -0.2) is 53.9 Å².